The molecule has 0 fully saturated rings. The third kappa shape index (κ3) is 3.56. The molecule has 1 aromatic carbocycles. The van der Waals surface area contributed by atoms with Gasteiger partial charge in [0.15, 0.2) is 9.84 Å². The predicted molar refractivity (Wildman–Crippen MR) is 76.4 cm³/mol. The van der Waals surface area contributed by atoms with Crippen molar-refractivity contribution < 1.29 is 8.42 Å². The van der Waals surface area contributed by atoms with Gasteiger partial charge in [-0.3, -0.25) is 0 Å². The topological polar surface area (TPSA) is 60.2 Å². The summed E-state index contributed by atoms with van der Waals surface area (Å²) in [5.74, 6) is 0.516. The fourth-order valence-corrected chi connectivity index (χ4v) is 2.51. The minimum Gasteiger partial charge on any atom is -0.323 e. The summed E-state index contributed by atoms with van der Waals surface area (Å²) in [6.45, 7) is 5.98. The predicted octanol–water partition coefficient (Wildman–Crippen LogP) is 2.63. The van der Waals surface area contributed by atoms with E-state index in [0.717, 1.165) is 12.0 Å². The van der Waals surface area contributed by atoms with E-state index >= 15 is 0 Å². The molecule has 0 saturated carbocycles. The summed E-state index contributed by atoms with van der Waals surface area (Å²) in [6, 6.07) is 7.49. The Hall–Kier alpha value is -0.870. The Bertz CT molecular complexity index is 479. The molecular weight excluding hydrogens is 246 g/mol. The molecule has 4 heteroatoms. The third-order valence-corrected chi connectivity index (χ3v) is 5.33. The molecule has 0 bridgehead atoms. The molecule has 0 aliphatic rings. The molecule has 1 aromatic rings. The van der Waals surface area contributed by atoms with Crippen LogP contribution >= 0.6 is 0 Å². The maximum Gasteiger partial charge on any atom is 0.151 e. The highest BCUT2D eigenvalue weighted by Gasteiger charge is 2.23. The average molecular weight is 269 g/mol. The second-order valence-electron chi connectivity index (χ2n) is 5.04. The Morgan fingerprint density at radius 2 is 1.56 bits per heavy atom. The van der Waals surface area contributed by atoms with E-state index in [4.69, 9.17) is 5.73 Å². The number of benzene rings is 1. The lowest BCUT2D eigenvalue weighted by atomic mass is 9.95. The number of rotatable bonds is 5. The third-order valence-electron chi connectivity index (χ3n) is 3.68. The van der Waals surface area contributed by atoms with Crippen LogP contribution in [0.2, 0.25) is 0 Å². The zero-order valence-corrected chi connectivity index (χ0v) is 12.4. The average Bonchev–Trinajstić information content (AvgIpc) is 2.35. The smallest absolute Gasteiger partial charge is 0.151 e. The van der Waals surface area contributed by atoms with Gasteiger partial charge in [-0.1, -0.05) is 38.1 Å². The summed E-state index contributed by atoms with van der Waals surface area (Å²) in [5, 5.41) is -0.563. The van der Waals surface area contributed by atoms with Gasteiger partial charge in [0, 0.05) is 12.3 Å². The molecule has 0 saturated heterocycles. The standard InChI is InChI=1S/C14H23NO2S/c1-5-10(2)12-6-8-13(9-7-12)14(15)11(3)18(4,16)17/h6-11,14H,5,15H2,1-4H3. The lowest BCUT2D eigenvalue weighted by Crippen LogP contribution is -2.30. The molecule has 0 aliphatic carbocycles. The Labute approximate surface area is 110 Å². The number of hydrogen-bond donors (Lipinski definition) is 1. The van der Waals surface area contributed by atoms with Crippen molar-refractivity contribution >= 4 is 9.84 Å². The fourth-order valence-electron chi connectivity index (χ4n) is 1.82. The van der Waals surface area contributed by atoms with Crippen LogP contribution in [0.5, 0.6) is 0 Å². The largest absolute Gasteiger partial charge is 0.323 e. The van der Waals surface area contributed by atoms with Crippen LogP contribution < -0.4 is 5.73 Å². The van der Waals surface area contributed by atoms with Crippen LogP contribution in [0.1, 0.15) is 50.3 Å². The highest BCUT2D eigenvalue weighted by molar-refractivity contribution is 7.91. The molecule has 2 N–H and O–H groups in total. The van der Waals surface area contributed by atoms with E-state index in [2.05, 4.69) is 13.8 Å². The maximum absolute atomic E-state index is 11.5. The zero-order chi connectivity index (χ0) is 13.9. The number of sulfone groups is 1. The summed E-state index contributed by atoms with van der Waals surface area (Å²) < 4.78 is 23.0. The van der Waals surface area contributed by atoms with Gasteiger partial charge in [-0.2, -0.15) is 0 Å². The molecule has 0 radical (unpaired) electrons. The van der Waals surface area contributed by atoms with Crippen LogP contribution in [0.4, 0.5) is 0 Å². The van der Waals surface area contributed by atoms with E-state index in [1.165, 1.54) is 11.8 Å². The van der Waals surface area contributed by atoms with Crippen molar-refractivity contribution in [1.82, 2.24) is 0 Å². The van der Waals surface area contributed by atoms with Gasteiger partial charge in [0.1, 0.15) is 0 Å². The summed E-state index contributed by atoms with van der Waals surface area (Å²) in [7, 11) is -3.11. The van der Waals surface area contributed by atoms with Crippen LogP contribution in [-0.4, -0.2) is 19.9 Å². The molecule has 0 amide bonds. The van der Waals surface area contributed by atoms with Crippen molar-refractivity contribution in [2.24, 2.45) is 5.73 Å². The first kappa shape index (κ1) is 15.2. The van der Waals surface area contributed by atoms with Crippen molar-refractivity contribution in [1.29, 1.82) is 0 Å². The highest BCUT2D eigenvalue weighted by atomic mass is 32.2. The van der Waals surface area contributed by atoms with Gasteiger partial charge in [-0.15, -0.1) is 0 Å². The van der Waals surface area contributed by atoms with E-state index < -0.39 is 21.1 Å². The lowest BCUT2D eigenvalue weighted by molar-refractivity contribution is 0.570. The van der Waals surface area contributed by atoms with E-state index in [1.807, 2.05) is 24.3 Å². The van der Waals surface area contributed by atoms with Crippen LogP contribution in [0.25, 0.3) is 0 Å². The summed E-state index contributed by atoms with van der Waals surface area (Å²) in [4.78, 5) is 0. The van der Waals surface area contributed by atoms with Crippen LogP contribution in [0.3, 0.4) is 0 Å². The Kier molecular flexibility index (Phi) is 4.93. The van der Waals surface area contributed by atoms with Crippen molar-refractivity contribution in [2.45, 2.75) is 44.4 Å². The molecular formula is C14H23NO2S. The highest BCUT2D eigenvalue weighted by Crippen LogP contribution is 2.23. The van der Waals surface area contributed by atoms with Gasteiger partial charge in [0.05, 0.1) is 5.25 Å². The molecule has 3 unspecified atom stereocenters. The van der Waals surface area contributed by atoms with Crippen LogP contribution in [0, 0.1) is 0 Å². The second kappa shape index (κ2) is 5.85. The SMILES string of the molecule is CCC(C)c1ccc(C(N)C(C)S(C)(=O)=O)cc1. The molecule has 3 atom stereocenters. The molecule has 0 aromatic heterocycles. The molecule has 0 spiro atoms. The van der Waals surface area contributed by atoms with Crippen molar-refractivity contribution in [3.8, 4) is 0 Å². The van der Waals surface area contributed by atoms with Gasteiger partial charge in [-0.05, 0) is 30.4 Å². The van der Waals surface area contributed by atoms with Crippen molar-refractivity contribution in [3.05, 3.63) is 35.4 Å². The molecule has 0 heterocycles. The monoisotopic (exact) mass is 269 g/mol. The quantitative estimate of drug-likeness (QED) is 0.894. The summed E-state index contributed by atoms with van der Waals surface area (Å²) in [5.41, 5.74) is 8.14. The Morgan fingerprint density at radius 1 is 1.11 bits per heavy atom. The second-order valence-corrected chi connectivity index (χ2v) is 7.44. The van der Waals surface area contributed by atoms with Crippen LogP contribution in [-0.2, 0) is 9.84 Å². The first-order valence-electron chi connectivity index (χ1n) is 6.31. The van der Waals surface area contributed by atoms with Gasteiger partial charge in [0.25, 0.3) is 0 Å². The van der Waals surface area contributed by atoms with Gasteiger partial charge >= 0.3 is 0 Å². The van der Waals surface area contributed by atoms with E-state index in [1.54, 1.807) is 6.92 Å². The van der Waals surface area contributed by atoms with Crippen molar-refractivity contribution in [2.75, 3.05) is 6.26 Å². The number of nitrogens with two attached hydrogens (primary N) is 1. The van der Waals surface area contributed by atoms with Gasteiger partial charge < -0.3 is 5.73 Å². The maximum atomic E-state index is 11.5. The van der Waals surface area contributed by atoms with E-state index in [-0.39, 0.29) is 0 Å². The first-order chi connectivity index (χ1) is 8.27. The fraction of sp³-hybridized carbons (Fsp3) is 0.571. The van der Waals surface area contributed by atoms with Gasteiger partial charge in [0.2, 0.25) is 0 Å². The minimum atomic E-state index is -3.11. The van der Waals surface area contributed by atoms with Crippen molar-refractivity contribution in [3.63, 3.8) is 0 Å². The summed E-state index contributed by atoms with van der Waals surface area (Å²) >= 11 is 0. The number of hydrogen-bond acceptors (Lipinski definition) is 3. The summed E-state index contributed by atoms with van der Waals surface area (Å²) in [6.07, 6.45) is 2.32. The first-order valence-corrected chi connectivity index (χ1v) is 8.27. The Balaban J connectivity index is 2.92. The van der Waals surface area contributed by atoms with E-state index in [9.17, 15) is 8.42 Å². The molecule has 102 valence electrons. The Morgan fingerprint density at radius 3 is 1.94 bits per heavy atom. The molecule has 18 heavy (non-hydrogen) atoms. The zero-order valence-electron chi connectivity index (χ0n) is 11.6. The van der Waals surface area contributed by atoms with Gasteiger partial charge in [-0.25, -0.2) is 8.42 Å². The van der Waals surface area contributed by atoms with Crippen LogP contribution in [0.15, 0.2) is 24.3 Å². The molecule has 3 nitrogen and oxygen atoms in total. The molecule has 1 rings (SSSR count). The minimum absolute atomic E-state index is 0.467. The normalized spacial score (nSPS) is 17.2. The van der Waals surface area contributed by atoms with E-state index in [0.29, 0.717) is 5.92 Å². The molecule has 0 aliphatic heterocycles. The lowest BCUT2D eigenvalue weighted by Gasteiger charge is -2.19.